The molecule has 1 aromatic carbocycles. The lowest BCUT2D eigenvalue weighted by Gasteiger charge is -2.20. The molecule has 0 saturated carbocycles. The van der Waals surface area contributed by atoms with Crippen LogP contribution in [0.4, 0.5) is 11.6 Å². The number of halogens is 1. The fraction of sp³-hybridized carbons (Fsp3) is 0.353. The van der Waals surface area contributed by atoms with E-state index in [2.05, 4.69) is 36.5 Å². The summed E-state index contributed by atoms with van der Waals surface area (Å²) in [7, 11) is 0. The fourth-order valence-corrected chi connectivity index (χ4v) is 2.32. The van der Waals surface area contributed by atoms with Gasteiger partial charge in [0.05, 0.1) is 0 Å². The van der Waals surface area contributed by atoms with Crippen molar-refractivity contribution in [2.24, 2.45) is 0 Å². The Morgan fingerprint density at radius 1 is 1.13 bits per heavy atom. The first-order chi connectivity index (χ1) is 10.6. The second-order valence-corrected chi connectivity index (χ2v) is 7.37. The van der Waals surface area contributed by atoms with Gasteiger partial charge in [0.25, 0.3) is 5.91 Å². The van der Waals surface area contributed by atoms with Gasteiger partial charge in [-0.2, -0.15) is 0 Å². The number of aromatic nitrogens is 2. The number of nitrogens with one attached hydrogen (secondary N) is 2. The summed E-state index contributed by atoms with van der Waals surface area (Å²) in [4.78, 5) is 20.9. The summed E-state index contributed by atoms with van der Waals surface area (Å²) < 4.78 is 1.00. The Morgan fingerprint density at radius 3 is 2.43 bits per heavy atom. The van der Waals surface area contributed by atoms with E-state index in [0.29, 0.717) is 11.6 Å². The van der Waals surface area contributed by atoms with Gasteiger partial charge in [0.2, 0.25) is 5.95 Å². The molecule has 0 radical (unpaired) electrons. The Bertz CT molecular complexity index is 738. The Kier molecular flexibility index (Phi) is 5.04. The third-order valence-corrected chi connectivity index (χ3v) is 3.86. The molecule has 0 unspecified atom stereocenters. The van der Waals surface area contributed by atoms with Crippen molar-refractivity contribution in [2.45, 2.75) is 40.2 Å². The zero-order valence-corrected chi connectivity index (χ0v) is 15.6. The predicted octanol–water partition coefficient (Wildman–Crippen LogP) is 4.13. The van der Waals surface area contributed by atoms with Gasteiger partial charge in [0.1, 0.15) is 5.69 Å². The van der Waals surface area contributed by atoms with Crippen molar-refractivity contribution in [3.63, 3.8) is 0 Å². The van der Waals surface area contributed by atoms with E-state index in [1.54, 1.807) is 6.07 Å². The number of rotatable bonds is 3. The normalized spacial score (nSPS) is 11.2. The standard InChI is InChI=1S/C17H21BrN4O/c1-10-6-7-12(9-13(10)18)20-16-19-11(2)8-14(21-16)15(23)22-17(3,4)5/h6-9H,1-5H3,(H,22,23)(H,19,20,21). The van der Waals surface area contributed by atoms with Crippen molar-refractivity contribution in [2.75, 3.05) is 5.32 Å². The second kappa shape index (κ2) is 6.66. The lowest BCUT2D eigenvalue weighted by molar-refractivity contribution is 0.0914. The highest BCUT2D eigenvalue weighted by atomic mass is 79.9. The Balaban J connectivity index is 2.26. The number of amides is 1. The first kappa shape index (κ1) is 17.4. The molecule has 6 heteroatoms. The predicted molar refractivity (Wildman–Crippen MR) is 96.1 cm³/mol. The minimum Gasteiger partial charge on any atom is -0.346 e. The molecule has 2 N–H and O–H groups in total. The molecule has 1 heterocycles. The molecule has 0 saturated heterocycles. The molecule has 1 aromatic heterocycles. The molecule has 0 aliphatic carbocycles. The topological polar surface area (TPSA) is 66.9 Å². The lowest BCUT2D eigenvalue weighted by Crippen LogP contribution is -2.41. The number of hydrogen-bond acceptors (Lipinski definition) is 4. The van der Waals surface area contributed by atoms with Crippen molar-refractivity contribution in [1.82, 2.24) is 15.3 Å². The largest absolute Gasteiger partial charge is 0.346 e. The summed E-state index contributed by atoms with van der Waals surface area (Å²) in [6, 6.07) is 7.57. The average molecular weight is 377 g/mol. The van der Waals surface area contributed by atoms with Crippen molar-refractivity contribution in [3.8, 4) is 0 Å². The van der Waals surface area contributed by atoms with Crippen LogP contribution < -0.4 is 10.6 Å². The molecule has 5 nitrogen and oxygen atoms in total. The molecule has 0 bridgehead atoms. The van der Waals surface area contributed by atoms with Gasteiger partial charge in [-0.1, -0.05) is 22.0 Å². The highest BCUT2D eigenvalue weighted by molar-refractivity contribution is 9.10. The van der Waals surface area contributed by atoms with E-state index in [9.17, 15) is 4.79 Å². The van der Waals surface area contributed by atoms with Crippen LogP contribution in [0.25, 0.3) is 0 Å². The fourth-order valence-electron chi connectivity index (χ4n) is 1.95. The maximum atomic E-state index is 12.3. The van der Waals surface area contributed by atoms with Crippen LogP contribution in [0.2, 0.25) is 0 Å². The van der Waals surface area contributed by atoms with E-state index in [-0.39, 0.29) is 11.4 Å². The Labute approximate surface area is 145 Å². The van der Waals surface area contributed by atoms with Crippen molar-refractivity contribution in [1.29, 1.82) is 0 Å². The van der Waals surface area contributed by atoms with Gasteiger partial charge in [0, 0.05) is 21.4 Å². The smallest absolute Gasteiger partial charge is 0.270 e. The maximum Gasteiger partial charge on any atom is 0.270 e. The molecule has 2 rings (SSSR count). The van der Waals surface area contributed by atoms with Crippen molar-refractivity contribution in [3.05, 3.63) is 45.7 Å². The van der Waals surface area contributed by atoms with Crippen LogP contribution in [-0.2, 0) is 0 Å². The summed E-state index contributed by atoms with van der Waals surface area (Å²) in [5.74, 6) is 0.191. The second-order valence-electron chi connectivity index (χ2n) is 6.51. The molecule has 0 aliphatic rings. The highest BCUT2D eigenvalue weighted by Gasteiger charge is 2.17. The minimum atomic E-state index is -0.314. The van der Waals surface area contributed by atoms with E-state index in [4.69, 9.17) is 0 Å². The van der Waals surface area contributed by atoms with Crippen LogP contribution >= 0.6 is 15.9 Å². The molecular formula is C17H21BrN4O. The first-order valence-corrected chi connectivity index (χ1v) is 8.15. The summed E-state index contributed by atoms with van der Waals surface area (Å²) in [5, 5.41) is 6.04. The number of benzene rings is 1. The van der Waals surface area contributed by atoms with Gasteiger partial charge in [-0.15, -0.1) is 0 Å². The highest BCUT2D eigenvalue weighted by Crippen LogP contribution is 2.22. The van der Waals surface area contributed by atoms with Crippen LogP contribution in [0, 0.1) is 13.8 Å². The third-order valence-electron chi connectivity index (χ3n) is 3.00. The number of carbonyl (C=O) groups excluding carboxylic acids is 1. The van der Waals surface area contributed by atoms with Gasteiger partial charge < -0.3 is 10.6 Å². The van der Waals surface area contributed by atoms with Crippen LogP contribution in [0.5, 0.6) is 0 Å². The van der Waals surface area contributed by atoms with E-state index >= 15 is 0 Å². The number of hydrogen-bond donors (Lipinski definition) is 2. The lowest BCUT2D eigenvalue weighted by atomic mass is 10.1. The van der Waals surface area contributed by atoms with Crippen LogP contribution in [0.3, 0.4) is 0 Å². The van der Waals surface area contributed by atoms with Crippen LogP contribution in [0.15, 0.2) is 28.7 Å². The Hall–Kier alpha value is -1.95. The molecule has 0 aliphatic heterocycles. The zero-order chi connectivity index (χ0) is 17.2. The molecule has 2 aromatic rings. The number of carbonyl (C=O) groups is 1. The summed E-state index contributed by atoms with van der Waals surface area (Å²) in [6.45, 7) is 9.66. The average Bonchev–Trinajstić information content (AvgIpc) is 2.40. The quantitative estimate of drug-likeness (QED) is 0.844. The van der Waals surface area contributed by atoms with E-state index in [1.807, 2.05) is 52.8 Å². The van der Waals surface area contributed by atoms with E-state index in [0.717, 1.165) is 21.4 Å². The molecule has 0 atom stereocenters. The number of aryl methyl sites for hydroxylation is 2. The number of anilines is 2. The summed E-state index contributed by atoms with van der Waals surface area (Å²) in [6.07, 6.45) is 0. The van der Waals surface area contributed by atoms with E-state index < -0.39 is 0 Å². The van der Waals surface area contributed by atoms with Gasteiger partial charge in [-0.25, -0.2) is 9.97 Å². The summed E-state index contributed by atoms with van der Waals surface area (Å²) in [5.41, 5.74) is 2.76. The van der Waals surface area contributed by atoms with Crippen LogP contribution in [0.1, 0.15) is 42.5 Å². The third kappa shape index (κ3) is 5.03. The van der Waals surface area contributed by atoms with Gasteiger partial charge >= 0.3 is 0 Å². The Morgan fingerprint density at radius 2 is 1.83 bits per heavy atom. The molecular weight excluding hydrogens is 356 g/mol. The minimum absolute atomic E-state index is 0.212. The van der Waals surface area contributed by atoms with Gasteiger partial charge in [-0.05, 0) is 58.4 Å². The first-order valence-electron chi connectivity index (χ1n) is 7.35. The molecule has 122 valence electrons. The maximum absolute atomic E-state index is 12.3. The van der Waals surface area contributed by atoms with Gasteiger partial charge in [-0.3, -0.25) is 4.79 Å². The molecule has 0 fully saturated rings. The monoisotopic (exact) mass is 376 g/mol. The molecule has 0 spiro atoms. The van der Waals surface area contributed by atoms with Crippen molar-refractivity contribution < 1.29 is 4.79 Å². The molecule has 23 heavy (non-hydrogen) atoms. The van der Waals surface area contributed by atoms with Crippen molar-refractivity contribution >= 4 is 33.5 Å². The molecule has 1 amide bonds. The van der Waals surface area contributed by atoms with E-state index in [1.165, 1.54) is 0 Å². The summed E-state index contributed by atoms with van der Waals surface area (Å²) >= 11 is 3.50. The van der Waals surface area contributed by atoms with Crippen LogP contribution in [-0.4, -0.2) is 21.4 Å². The number of nitrogens with zero attached hydrogens (tertiary/aromatic N) is 2. The zero-order valence-electron chi connectivity index (χ0n) is 14.0. The SMILES string of the molecule is Cc1cc(C(=O)NC(C)(C)C)nc(Nc2ccc(C)c(Br)c2)n1. The van der Waals surface area contributed by atoms with Gasteiger partial charge in [0.15, 0.2) is 0 Å².